The van der Waals surface area contributed by atoms with E-state index < -0.39 is 11.0 Å². The number of rotatable bonds is 7. The van der Waals surface area contributed by atoms with Crippen LogP contribution in [0.25, 0.3) is 10.8 Å². The summed E-state index contributed by atoms with van der Waals surface area (Å²) in [7, 11) is 0. The number of carbonyl (C=O) groups excluding carboxylic acids is 1. The third kappa shape index (κ3) is 4.36. The molecule has 0 bridgehead atoms. The third-order valence-electron chi connectivity index (χ3n) is 4.22. The van der Waals surface area contributed by atoms with Crippen molar-refractivity contribution < 1.29 is 14.7 Å². The highest BCUT2D eigenvalue weighted by molar-refractivity contribution is 5.98. The normalized spacial score (nSPS) is 11.7. The van der Waals surface area contributed by atoms with Crippen LogP contribution in [0.4, 0.5) is 5.69 Å². The van der Waals surface area contributed by atoms with E-state index in [-0.39, 0.29) is 19.1 Å². The molecule has 0 aliphatic carbocycles. The highest BCUT2D eigenvalue weighted by Crippen LogP contribution is 2.24. The lowest BCUT2D eigenvalue weighted by molar-refractivity contribution is -0.763. The highest BCUT2D eigenvalue weighted by atomic mass is 16.9. The van der Waals surface area contributed by atoms with Crippen LogP contribution in [0.3, 0.4) is 0 Å². The maximum atomic E-state index is 12.8. The molecule has 0 radical (unpaired) electrons. The lowest BCUT2D eigenvalue weighted by atomic mass is 9.93. The summed E-state index contributed by atoms with van der Waals surface area (Å²) in [5.74, 6) is -0.954. The minimum atomic E-state index is -0.863. The van der Waals surface area contributed by atoms with Crippen molar-refractivity contribution in [2.24, 2.45) is 5.73 Å². The molecule has 3 N–H and O–H groups in total. The van der Waals surface area contributed by atoms with Crippen LogP contribution in [0.1, 0.15) is 17.0 Å². The molecule has 0 saturated carbocycles. The van der Waals surface area contributed by atoms with E-state index in [1.54, 1.807) is 42.7 Å². The van der Waals surface area contributed by atoms with E-state index in [4.69, 9.17) is 5.73 Å². The Hall–Kier alpha value is -3.52. The van der Waals surface area contributed by atoms with Crippen molar-refractivity contribution in [2.45, 2.75) is 12.5 Å². The number of benzene rings is 2. The molecule has 8 nitrogen and oxygen atoms in total. The van der Waals surface area contributed by atoms with Gasteiger partial charge in [-0.3, -0.25) is 9.78 Å². The van der Waals surface area contributed by atoms with Crippen molar-refractivity contribution in [2.75, 3.05) is 11.9 Å². The number of aromatic nitrogens is 1. The van der Waals surface area contributed by atoms with Crippen LogP contribution in [0.15, 0.2) is 60.9 Å². The second kappa shape index (κ2) is 8.24. The first-order valence-corrected chi connectivity index (χ1v) is 8.28. The Balaban J connectivity index is 1.82. The van der Waals surface area contributed by atoms with Gasteiger partial charge in [0.05, 0.1) is 5.92 Å². The largest absolute Gasteiger partial charge is 0.329 e. The van der Waals surface area contributed by atoms with Crippen LogP contribution in [0.5, 0.6) is 0 Å². The van der Waals surface area contributed by atoms with Crippen LogP contribution in [0, 0.1) is 10.1 Å². The molecule has 1 atom stereocenters. The summed E-state index contributed by atoms with van der Waals surface area (Å²) >= 11 is 0. The zero-order valence-electron chi connectivity index (χ0n) is 14.4. The maximum Gasteiger partial charge on any atom is 0.294 e. The van der Waals surface area contributed by atoms with Crippen molar-refractivity contribution in [3.05, 3.63) is 82.2 Å². The monoisotopic (exact) mass is 366 g/mol. The molecule has 1 aromatic heterocycles. The second-order valence-corrected chi connectivity index (χ2v) is 5.91. The molecule has 3 rings (SSSR count). The van der Waals surface area contributed by atoms with Gasteiger partial charge in [-0.05, 0) is 34.7 Å². The Morgan fingerprint density at radius 1 is 1.22 bits per heavy atom. The highest BCUT2D eigenvalue weighted by Gasteiger charge is 2.22. The van der Waals surface area contributed by atoms with E-state index in [0.29, 0.717) is 16.8 Å². The maximum absolute atomic E-state index is 12.8. The van der Waals surface area contributed by atoms with Gasteiger partial charge in [0.1, 0.15) is 6.61 Å². The van der Waals surface area contributed by atoms with Gasteiger partial charge in [0.15, 0.2) is 0 Å². The predicted octanol–water partition coefficient (Wildman–Crippen LogP) is 2.62. The van der Waals surface area contributed by atoms with Gasteiger partial charge in [-0.1, -0.05) is 30.3 Å². The molecule has 0 spiro atoms. The molecule has 138 valence electrons. The van der Waals surface area contributed by atoms with Crippen molar-refractivity contribution in [1.82, 2.24) is 4.98 Å². The van der Waals surface area contributed by atoms with E-state index >= 15 is 0 Å². The number of hydrogen-bond acceptors (Lipinski definition) is 6. The topological polar surface area (TPSA) is 120 Å². The lowest BCUT2D eigenvalue weighted by Gasteiger charge is -2.18. The molecule has 8 heteroatoms. The molecular formula is C19H18N4O4. The molecule has 2 aromatic carbocycles. The third-order valence-corrected chi connectivity index (χ3v) is 4.22. The molecular weight excluding hydrogens is 348 g/mol. The Bertz CT molecular complexity index is 977. The van der Waals surface area contributed by atoms with E-state index in [9.17, 15) is 14.9 Å². The number of nitrogens with one attached hydrogen (secondary N) is 1. The summed E-state index contributed by atoms with van der Waals surface area (Å²) < 4.78 is 0. The SMILES string of the molecule is NCC(C(=O)Nc1ccc2cnccc2c1)c1ccccc1CO[N+](=O)[O-]. The Labute approximate surface area is 155 Å². The number of carbonyl (C=O) groups is 1. The van der Waals surface area contributed by atoms with Crippen LogP contribution >= 0.6 is 0 Å². The summed E-state index contributed by atoms with van der Waals surface area (Å²) in [5, 5.41) is 14.4. The number of pyridine rings is 1. The average Bonchev–Trinajstić information content (AvgIpc) is 2.67. The van der Waals surface area contributed by atoms with Gasteiger partial charge in [-0.2, -0.15) is 0 Å². The Kier molecular flexibility index (Phi) is 5.58. The first kappa shape index (κ1) is 18.3. The summed E-state index contributed by atoms with van der Waals surface area (Å²) in [6.45, 7) is -0.186. The molecule has 0 fully saturated rings. The number of nitrogens with zero attached hydrogens (tertiary/aromatic N) is 2. The number of fused-ring (bicyclic) bond motifs is 1. The summed E-state index contributed by atoms with van der Waals surface area (Å²) in [4.78, 5) is 31.8. The molecule has 27 heavy (non-hydrogen) atoms. The van der Waals surface area contributed by atoms with Crippen molar-refractivity contribution in [1.29, 1.82) is 0 Å². The van der Waals surface area contributed by atoms with Crippen molar-refractivity contribution in [3.8, 4) is 0 Å². The van der Waals surface area contributed by atoms with Crippen LogP contribution in [-0.2, 0) is 16.2 Å². The number of hydrogen-bond donors (Lipinski definition) is 2. The molecule has 0 saturated heterocycles. The minimum absolute atomic E-state index is 0.0544. The van der Waals surface area contributed by atoms with E-state index in [1.165, 1.54) is 0 Å². The van der Waals surface area contributed by atoms with Crippen LogP contribution in [0.2, 0.25) is 0 Å². The molecule has 1 unspecified atom stereocenters. The van der Waals surface area contributed by atoms with Gasteiger partial charge < -0.3 is 15.9 Å². The Morgan fingerprint density at radius 2 is 2.04 bits per heavy atom. The lowest BCUT2D eigenvalue weighted by Crippen LogP contribution is -2.28. The quantitative estimate of drug-likeness (QED) is 0.490. The summed E-state index contributed by atoms with van der Waals surface area (Å²) in [5.41, 5.74) is 7.61. The molecule has 3 aromatic rings. The van der Waals surface area contributed by atoms with Gasteiger partial charge in [-0.15, -0.1) is 10.1 Å². The fourth-order valence-corrected chi connectivity index (χ4v) is 2.89. The van der Waals surface area contributed by atoms with Gasteiger partial charge in [0, 0.05) is 30.0 Å². The molecule has 1 amide bonds. The standard InChI is InChI=1S/C19H18N4O4/c20-10-18(17-4-2-1-3-15(17)12-27-23(25)26)19(24)22-16-6-5-14-11-21-8-7-13(14)9-16/h1-9,11,18H,10,12,20H2,(H,22,24). The predicted molar refractivity (Wildman–Crippen MR) is 100 cm³/mol. The van der Waals surface area contributed by atoms with Gasteiger partial charge in [-0.25, -0.2) is 0 Å². The van der Waals surface area contributed by atoms with Gasteiger partial charge in [0.2, 0.25) is 5.91 Å². The molecule has 0 aliphatic heterocycles. The average molecular weight is 366 g/mol. The van der Waals surface area contributed by atoms with Gasteiger partial charge in [0.25, 0.3) is 5.09 Å². The van der Waals surface area contributed by atoms with Crippen LogP contribution < -0.4 is 11.1 Å². The minimum Gasteiger partial charge on any atom is -0.329 e. The number of anilines is 1. The van der Waals surface area contributed by atoms with Gasteiger partial charge >= 0.3 is 0 Å². The fraction of sp³-hybridized carbons (Fsp3) is 0.158. The van der Waals surface area contributed by atoms with E-state index in [0.717, 1.165) is 10.8 Å². The summed E-state index contributed by atoms with van der Waals surface area (Å²) in [6, 6.07) is 14.2. The summed E-state index contributed by atoms with van der Waals surface area (Å²) in [6.07, 6.45) is 3.43. The van der Waals surface area contributed by atoms with Crippen molar-refractivity contribution >= 4 is 22.4 Å². The molecule has 0 aliphatic rings. The van der Waals surface area contributed by atoms with Crippen LogP contribution in [-0.4, -0.2) is 22.5 Å². The first-order chi connectivity index (χ1) is 13.1. The zero-order chi connectivity index (χ0) is 19.2. The number of nitrogens with two attached hydrogens (primary N) is 1. The second-order valence-electron chi connectivity index (χ2n) is 5.91. The smallest absolute Gasteiger partial charge is 0.294 e. The van der Waals surface area contributed by atoms with E-state index in [2.05, 4.69) is 15.1 Å². The fourth-order valence-electron chi connectivity index (χ4n) is 2.89. The van der Waals surface area contributed by atoms with E-state index in [1.807, 2.05) is 18.2 Å². The first-order valence-electron chi connectivity index (χ1n) is 8.28. The number of amides is 1. The van der Waals surface area contributed by atoms with Crippen molar-refractivity contribution in [3.63, 3.8) is 0 Å². The zero-order valence-corrected chi connectivity index (χ0v) is 14.4. The molecule has 1 heterocycles. The Morgan fingerprint density at radius 3 is 2.81 bits per heavy atom.